The van der Waals surface area contributed by atoms with Gasteiger partial charge in [-0.25, -0.2) is 4.98 Å². The molecule has 0 aliphatic rings. The SMILES string of the molecule is CCn1nc(C)c(N)c1C(=O)Nc1c(C)ccnc1Cl. The number of nitrogens with zero attached hydrogens (tertiary/aromatic N) is 3. The predicted molar refractivity (Wildman–Crippen MR) is 79.0 cm³/mol. The fraction of sp³-hybridized carbons (Fsp3) is 0.308. The number of nitrogens with two attached hydrogens (primary N) is 1. The number of nitrogen functional groups attached to an aromatic ring is 1. The summed E-state index contributed by atoms with van der Waals surface area (Å²) < 4.78 is 1.57. The van der Waals surface area contributed by atoms with Crippen LogP contribution in [0.15, 0.2) is 12.3 Å². The highest BCUT2D eigenvalue weighted by Gasteiger charge is 2.20. The third-order valence-corrected chi connectivity index (χ3v) is 3.33. The molecule has 0 aromatic carbocycles. The average molecular weight is 294 g/mol. The van der Waals surface area contributed by atoms with Crippen molar-refractivity contribution in [3.05, 3.63) is 34.4 Å². The quantitative estimate of drug-likeness (QED) is 0.851. The fourth-order valence-electron chi connectivity index (χ4n) is 1.91. The van der Waals surface area contributed by atoms with E-state index < -0.39 is 0 Å². The summed E-state index contributed by atoms with van der Waals surface area (Å²) in [6.45, 7) is 6.06. The number of aryl methyl sites for hydroxylation is 3. The van der Waals surface area contributed by atoms with Gasteiger partial charge in [0.2, 0.25) is 0 Å². The highest BCUT2D eigenvalue weighted by Crippen LogP contribution is 2.25. The minimum absolute atomic E-state index is 0.246. The van der Waals surface area contributed by atoms with Gasteiger partial charge < -0.3 is 11.1 Å². The maximum atomic E-state index is 12.4. The molecule has 0 aliphatic heterocycles. The molecular formula is C13H16ClN5O. The van der Waals surface area contributed by atoms with Gasteiger partial charge in [0.05, 0.1) is 17.1 Å². The van der Waals surface area contributed by atoms with Gasteiger partial charge in [0.15, 0.2) is 5.15 Å². The van der Waals surface area contributed by atoms with Crippen molar-refractivity contribution in [2.45, 2.75) is 27.3 Å². The van der Waals surface area contributed by atoms with E-state index >= 15 is 0 Å². The van der Waals surface area contributed by atoms with Crippen molar-refractivity contribution >= 4 is 28.9 Å². The molecule has 0 saturated carbocycles. The molecule has 0 radical (unpaired) electrons. The Labute approximate surface area is 121 Å². The second-order valence-corrected chi connectivity index (χ2v) is 4.77. The van der Waals surface area contributed by atoms with Crippen molar-refractivity contribution in [1.29, 1.82) is 0 Å². The van der Waals surface area contributed by atoms with Crippen LogP contribution in [0, 0.1) is 13.8 Å². The minimum atomic E-state index is -0.344. The van der Waals surface area contributed by atoms with Crippen LogP contribution in [0.25, 0.3) is 0 Å². The third-order valence-electron chi connectivity index (χ3n) is 3.04. The molecule has 1 amide bonds. The van der Waals surface area contributed by atoms with E-state index in [0.717, 1.165) is 5.56 Å². The first-order valence-corrected chi connectivity index (χ1v) is 6.58. The van der Waals surface area contributed by atoms with Gasteiger partial charge in [0.25, 0.3) is 5.91 Å². The molecule has 0 atom stereocenters. The lowest BCUT2D eigenvalue weighted by atomic mass is 10.2. The number of nitrogens with one attached hydrogen (secondary N) is 1. The molecule has 0 fully saturated rings. The molecule has 2 aromatic rings. The Morgan fingerprint density at radius 2 is 2.20 bits per heavy atom. The number of pyridine rings is 1. The molecule has 0 bridgehead atoms. The van der Waals surface area contributed by atoms with Gasteiger partial charge in [0.1, 0.15) is 5.69 Å². The van der Waals surface area contributed by atoms with Gasteiger partial charge in [-0.3, -0.25) is 9.48 Å². The number of amides is 1. The van der Waals surface area contributed by atoms with Crippen LogP contribution >= 0.6 is 11.6 Å². The number of carbonyl (C=O) groups excluding carboxylic acids is 1. The number of anilines is 2. The Morgan fingerprint density at radius 1 is 1.50 bits per heavy atom. The first-order chi connectivity index (χ1) is 9.45. The average Bonchev–Trinajstić information content (AvgIpc) is 2.69. The first kappa shape index (κ1) is 14.3. The predicted octanol–water partition coefficient (Wildman–Crippen LogP) is 2.40. The van der Waals surface area contributed by atoms with Gasteiger partial charge in [0, 0.05) is 12.7 Å². The summed E-state index contributed by atoms with van der Waals surface area (Å²) in [5.41, 5.74) is 8.58. The van der Waals surface area contributed by atoms with E-state index in [4.69, 9.17) is 17.3 Å². The molecule has 106 valence electrons. The van der Waals surface area contributed by atoms with E-state index in [2.05, 4.69) is 15.4 Å². The van der Waals surface area contributed by atoms with Crippen molar-refractivity contribution in [2.24, 2.45) is 0 Å². The Balaban J connectivity index is 2.38. The monoisotopic (exact) mass is 293 g/mol. The standard InChI is InChI=1S/C13H16ClN5O/c1-4-19-11(9(15)8(3)18-19)13(20)17-10-7(2)5-6-16-12(10)14/h5-6H,4,15H2,1-3H3,(H,17,20). The highest BCUT2D eigenvalue weighted by molar-refractivity contribution is 6.33. The van der Waals surface area contributed by atoms with Crippen molar-refractivity contribution in [3.8, 4) is 0 Å². The molecule has 2 rings (SSSR count). The van der Waals surface area contributed by atoms with Crippen molar-refractivity contribution in [3.63, 3.8) is 0 Å². The molecule has 2 aromatic heterocycles. The molecule has 7 heteroatoms. The van der Waals surface area contributed by atoms with Gasteiger partial charge in [-0.05, 0) is 32.4 Å². The molecular weight excluding hydrogens is 278 g/mol. The van der Waals surface area contributed by atoms with Crippen LogP contribution in [0.3, 0.4) is 0 Å². The van der Waals surface area contributed by atoms with Gasteiger partial charge in [-0.2, -0.15) is 5.10 Å². The number of halogens is 1. The zero-order chi connectivity index (χ0) is 14.9. The van der Waals surface area contributed by atoms with Gasteiger partial charge >= 0.3 is 0 Å². The van der Waals surface area contributed by atoms with Crippen LogP contribution in [0.5, 0.6) is 0 Å². The van der Waals surface area contributed by atoms with E-state index in [1.165, 1.54) is 0 Å². The summed E-state index contributed by atoms with van der Waals surface area (Å²) in [4.78, 5) is 16.3. The van der Waals surface area contributed by atoms with Crippen molar-refractivity contribution < 1.29 is 4.79 Å². The lowest BCUT2D eigenvalue weighted by Crippen LogP contribution is -2.19. The van der Waals surface area contributed by atoms with Crippen LogP contribution in [0.2, 0.25) is 5.15 Å². The highest BCUT2D eigenvalue weighted by atomic mass is 35.5. The molecule has 3 N–H and O–H groups in total. The van der Waals surface area contributed by atoms with Crippen molar-refractivity contribution in [2.75, 3.05) is 11.1 Å². The van der Waals surface area contributed by atoms with Gasteiger partial charge in [-0.15, -0.1) is 0 Å². The Hall–Kier alpha value is -2.08. The van der Waals surface area contributed by atoms with Crippen LogP contribution in [0.4, 0.5) is 11.4 Å². The summed E-state index contributed by atoms with van der Waals surface area (Å²) in [5, 5.41) is 7.21. The van der Waals surface area contributed by atoms with Gasteiger partial charge in [-0.1, -0.05) is 11.6 Å². The second-order valence-electron chi connectivity index (χ2n) is 4.41. The van der Waals surface area contributed by atoms with Crippen LogP contribution < -0.4 is 11.1 Å². The van der Waals surface area contributed by atoms with E-state index in [0.29, 0.717) is 29.3 Å². The second kappa shape index (κ2) is 5.50. The summed E-state index contributed by atoms with van der Waals surface area (Å²) in [5.74, 6) is -0.344. The number of aromatic nitrogens is 3. The molecule has 6 nitrogen and oxygen atoms in total. The van der Waals surface area contributed by atoms with Crippen LogP contribution in [-0.4, -0.2) is 20.7 Å². The topological polar surface area (TPSA) is 85.8 Å². The minimum Gasteiger partial charge on any atom is -0.395 e. The number of carbonyl (C=O) groups is 1. The zero-order valence-electron chi connectivity index (χ0n) is 11.6. The molecule has 0 aliphatic carbocycles. The zero-order valence-corrected chi connectivity index (χ0v) is 12.3. The molecule has 0 saturated heterocycles. The van der Waals surface area contributed by atoms with E-state index in [9.17, 15) is 4.79 Å². The summed E-state index contributed by atoms with van der Waals surface area (Å²) in [6, 6.07) is 1.77. The molecule has 0 unspecified atom stereocenters. The molecule has 0 spiro atoms. The fourth-order valence-corrected chi connectivity index (χ4v) is 2.16. The summed E-state index contributed by atoms with van der Waals surface area (Å²) >= 11 is 6.00. The number of hydrogen-bond donors (Lipinski definition) is 2. The van der Waals surface area contributed by atoms with E-state index in [-0.39, 0.29) is 11.1 Å². The smallest absolute Gasteiger partial charge is 0.276 e. The summed E-state index contributed by atoms with van der Waals surface area (Å²) in [6.07, 6.45) is 1.59. The lowest BCUT2D eigenvalue weighted by Gasteiger charge is -2.10. The van der Waals surface area contributed by atoms with Crippen LogP contribution in [-0.2, 0) is 6.54 Å². The normalized spacial score (nSPS) is 10.6. The maximum absolute atomic E-state index is 12.4. The number of hydrogen-bond acceptors (Lipinski definition) is 4. The molecule has 2 heterocycles. The third kappa shape index (κ3) is 2.46. The first-order valence-electron chi connectivity index (χ1n) is 6.21. The van der Waals surface area contributed by atoms with E-state index in [1.807, 2.05) is 13.8 Å². The maximum Gasteiger partial charge on any atom is 0.276 e. The largest absolute Gasteiger partial charge is 0.395 e. The Morgan fingerprint density at radius 3 is 2.80 bits per heavy atom. The van der Waals surface area contributed by atoms with Crippen LogP contribution in [0.1, 0.15) is 28.7 Å². The van der Waals surface area contributed by atoms with E-state index in [1.54, 1.807) is 23.9 Å². The Bertz CT molecular complexity index is 645. The molecule has 20 heavy (non-hydrogen) atoms. The summed E-state index contributed by atoms with van der Waals surface area (Å²) in [7, 11) is 0. The van der Waals surface area contributed by atoms with Crippen molar-refractivity contribution in [1.82, 2.24) is 14.8 Å². The Kier molecular flexibility index (Phi) is 3.94. The lowest BCUT2D eigenvalue weighted by molar-refractivity contribution is 0.101. The number of rotatable bonds is 3.